The lowest BCUT2D eigenvalue weighted by Gasteiger charge is -2.05. The first-order chi connectivity index (χ1) is 13.5. The molecule has 0 aliphatic heterocycles. The van der Waals surface area contributed by atoms with E-state index in [1.807, 2.05) is 55.6 Å². The predicted octanol–water partition coefficient (Wildman–Crippen LogP) is 4.02. The Morgan fingerprint density at radius 3 is 2.71 bits per heavy atom. The van der Waals surface area contributed by atoms with Gasteiger partial charge in [-0.3, -0.25) is 9.78 Å². The molecule has 3 heterocycles. The summed E-state index contributed by atoms with van der Waals surface area (Å²) < 4.78 is 0. The van der Waals surface area contributed by atoms with Crippen LogP contribution in [-0.4, -0.2) is 25.8 Å². The Hall–Kier alpha value is -3.39. The highest BCUT2D eigenvalue weighted by Gasteiger charge is 2.10. The number of anilines is 3. The van der Waals surface area contributed by atoms with Crippen molar-refractivity contribution in [3.8, 4) is 0 Å². The third-order valence-electron chi connectivity index (χ3n) is 3.98. The molecule has 28 heavy (non-hydrogen) atoms. The fourth-order valence-electron chi connectivity index (χ4n) is 2.85. The van der Waals surface area contributed by atoms with Crippen LogP contribution in [-0.2, 0) is 11.2 Å². The largest absolute Gasteiger partial charge is 0.326 e. The minimum atomic E-state index is -0.122. The molecule has 0 aliphatic rings. The van der Waals surface area contributed by atoms with E-state index in [1.165, 1.54) is 11.3 Å². The first-order valence-corrected chi connectivity index (χ1v) is 9.61. The summed E-state index contributed by atoms with van der Waals surface area (Å²) in [6.07, 6.45) is 1.94. The average molecular weight is 390 g/mol. The number of nitrogens with zero attached hydrogens (tertiary/aromatic N) is 4. The van der Waals surface area contributed by atoms with Gasteiger partial charge in [-0.2, -0.15) is 0 Å². The first kappa shape index (κ1) is 18.0. The van der Waals surface area contributed by atoms with Gasteiger partial charge in [0, 0.05) is 34.0 Å². The highest BCUT2D eigenvalue weighted by Crippen LogP contribution is 2.21. The Balaban J connectivity index is 1.40. The van der Waals surface area contributed by atoms with Gasteiger partial charge in [0.15, 0.2) is 5.13 Å². The van der Waals surface area contributed by atoms with Gasteiger partial charge in [0.2, 0.25) is 11.9 Å². The van der Waals surface area contributed by atoms with Crippen LogP contribution in [0.5, 0.6) is 0 Å². The molecule has 2 N–H and O–H groups in total. The lowest BCUT2D eigenvalue weighted by atomic mass is 10.2. The van der Waals surface area contributed by atoms with Crippen molar-refractivity contribution in [2.45, 2.75) is 20.3 Å². The quantitative estimate of drug-likeness (QED) is 0.535. The number of fused-ring (bicyclic) bond motifs is 1. The van der Waals surface area contributed by atoms with Crippen LogP contribution >= 0.6 is 11.3 Å². The molecular weight excluding hydrogens is 372 g/mol. The van der Waals surface area contributed by atoms with Crippen molar-refractivity contribution in [3.05, 3.63) is 65.1 Å². The maximum Gasteiger partial charge on any atom is 0.230 e. The van der Waals surface area contributed by atoms with E-state index < -0.39 is 0 Å². The van der Waals surface area contributed by atoms with Gasteiger partial charge in [0.1, 0.15) is 0 Å². The van der Waals surface area contributed by atoms with Gasteiger partial charge in [0.05, 0.1) is 17.6 Å². The standard InChI is InChI=1S/C20H18N6OS/c1-12-8-13(2)23-19(22-12)26-20-25-16(11-28-20)10-18(27)24-15-5-6-17-14(9-15)4-3-7-21-17/h3-9,11H,10H2,1-2H3,(H,24,27)(H,22,23,25,26). The topological polar surface area (TPSA) is 92.7 Å². The molecular formula is C20H18N6OS. The van der Waals surface area contributed by atoms with Crippen molar-refractivity contribution in [1.82, 2.24) is 19.9 Å². The number of amides is 1. The van der Waals surface area contributed by atoms with E-state index >= 15 is 0 Å². The molecule has 0 radical (unpaired) electrons. The second-order valence-electron chi connectivity index (χ2n) is 6.38. The molecule has 0 atom stereocenters. The zero-order valence-corrected chi connectivity index (χ0v) is 16.2. The maximum absolute atomic E-state index is 12.4. The highest BCUT2D eigenvalue weighted by atomic mass is 32.1. The molecule has 0 spiro atoms. The molecule has 1 amide bonds. The predicted molar refractivity (Wildman–Crippen MR) is 111 cm³/mol. The van der Waals surface area contributed by atoms with Gasteiger partial charge >= 0.3 is 0 Å². The summed E-state index contributed by atoms with van der Waals surface area (Å²) in [6.45, 7) is 3.83. The number of aromatic nitrogens is 4. The smallest absolute Gasteiger partial charge is 0.230 e. The van der Waals surface area contributed by atoms with Gasteiger partial charge in [-0.05, 0) is 44.2 Å². The Labute approximate surface area is 165 Å². The number of pyridine rings is 1. The zero-order chi connectivity index (χ0) is 19.5. The Morgan fingerprint density at radius 1 is 1.07 bits per heavy atom. The molecule has 140 valence electrons. The van der Waals surface area contributed by atoms with Gasteiger partial charge < -0.3 is 10.6 Å². The van der Waals surface area contributed by atoms with Crippen LogP contribution in [0.1, 0.15) is 17.1 Å². The number of carbonyl (C=O) groups excluding carboxylic acids is 1. The molecule has 0 fully saturated rings. The van der Waals surface area contributed by atoms with E-state index in [9.17, 15) is 4.79 Å². The second-order valence-corrected chi connectivity index (χ2v) is 7.24. The normalized spacial score (nSPS) is 10.8. The molecule has 1 aromatic carbocycles. The zero-order valence-electron chi connectivity index (χ0n) is 15.4. The van der Waals surface area contributed by atoms with E-state index in [2.05, 4.69) is 30.6 Å². The number of carbonyl (C=O) groups is 1. The SMILES string of the molecule is Cc1cc(C)nc(Nc2nc(CC(=O)Nc3ccc4ncccc4c3)cs2)n1. The van der Waals surface area contributed by atoms with Crippen molar-refractivity contribution < 1.29 is 4.79 Å². The summed E-state index contributed by atoms with van der Waals surface area (Å²) in [6, 6.07) is 11.4. The number of hydrogen-bond acceptors (Lipinski definition) is 7. The number of nitrogens with one attached hydrogen (secondary N) is 2. The Bertz CT molecular complexity index is 1140. The van der Waals surface area contributed by atoms with Crippen LogP contribution in [0.4, 0.5) is 16.8 Å². The summed E-state index contributed by atoms with van der Waals surface area (Å²) in [5.74, 6) is 0.385. The maximum atomic E-state index is 12.4. The van der Waals surface area contributed by atoms with Crippen LogP contribution in [0.2, 0.25) is 0 Å². The summed E-state index contributed by atoms with van der Waals surface area (Å²) >= 11 is 1.42. The lowest BCUT2D eigenvalue weighted by molar-refractivity contribution is -0.115. The van der Waals surface area contributed by atoms with E-state index in [-0.39, 0.29) is 12.3 Å². The summed E-state index contributed by atoms with van der Waals surface area (Å²) in [5.41, 5.74) is 4.09. The Kier molecular flexibility index (Phi) is 4.94. The molecule has 0 saturated carbocycles. The third kappa shape index (κ3) is 4.29. The highest BCUT2D eigenvalue weighted by molar-refractivity contribution is 7.13. The molecule has 7 nitrogen and oxygen atoms in total. The molecule has 4 rings (SSSR count). The molecule has 0 aliphatic carbocycles. The number of thiazole rings is 1. The van der Waals surface area contributed by atoms with E-state index in [0.29, 0.717) is 16.8 Å². The monoisotopic (exact) mass is 390 g/mol. The fourth-order valence-corrected chi connectivity index (χ4v) is 3.55. The molecule has 8 heteroatoms. The van der Waals surface area contributed by atoms with E-state index in [1.54, 1.807) is 6.20 Å². The minimum absolute atomic E-state index is 0.122. The molecule has 4 aromatic rings. The summed E-state index contributed by atoms with van der Waals surface area (Å²) in [4.78, 5) is 29.8. The van der Waals surface area contributed by atoms with Gasteiger partial charge in [-0.1, -0.05) is 6.07 Å². The second kappa shape index (κ2) is 7.69. The van der Waals surface area contributed by atoms with Crippen LogP contribution in [0.15, 0.2) is 48.0 Å². The van der Waals surface area contributed by atoms with Crippen molar-refractivity contribution in [1.29, 1.82) is 0 Å². The average Bonchev–Trinajstić information content (AvgIpc) is 3.07. The van der Waals surface area contributed by atoms with Crippen LogP contribution in [0.3, 0.4) is 0 Å². The summed E-state index contributed by atoms with van der Waals surface area (Å²) in [7, 11) is 0. The molecule has 0 unspecified atom stereocenters. The van der Waals surface area contributed by atoms with Crippen LogP contribution in [0, 0.1) is 13.8 Å². The number of benzene rings is 1. The molecule has 0 bridgehead atoms. The Morgan fingerprint density at radius 2 is 1.89 bits per heavy atom. The van der Waals surface area contributed by atoms with Gasteiger partial charge in [-0.25, -0.2) is 15.0 Å². The lowest BCUT2D eigenvalue weighted by Crippen LogP contribution is -2.14. The molecule has 0 saturated heterocycles. The van der Waals surface area contributed by atoms with Crippen LogP contribution < -0.4 is 10.6 Å². The minimum Gasteiger partial charge on any atom is -0.326 e. The number of aryl methyl sites for hydroxylation is 2. The van der Waals surface area contributed by atoms with Crippen molar-refractivity contribution in [2.75, 3.05) is 10.6 Å². The summed E-state index contributed by atoms with van der Waals surface area (Å²) in [5, 5.41) is 9.50. The number of rotatable bonds is 5. The van der Waals surface area contributed by atoms with E-state index in [0.717, 1.165) is 28.0 Å². The van der Waals surface area contributed by atoms with Crippen molar-refractivity contribution in [3.63, 3.8) is 0 Å². The van der Waals surface area contributed by atoms with Crippen molar-refractivity contribution >= 4 is 44.9 Å². The number of hydrogen-bond donors (Lipinski definition) is 2. The first-order valence-electron chi connectivity index (χ1n) is 8.73. The van der Waals surface area contributed by atoms with Crippen LogP contribution in [0.25, 0.3) is 10.9 Å². The van der Waals surface area contributed by atoms with Gasteiger partial charge in [-0.15, -0.1) is 11.3 Å². The fraction of sp³-hybridized carbons (Fsp3) is 0.150. The third-order valence-corrected chi connectivity index (χ3v) is 4.79. The molecule has 3 aromatic heterocycles. The van der Waals surface area contributed by atoms with E-state index in [4.69, 9.17) is 0 Å². The van der Waals surface area contributed by atoms with Gasteiger partial charge in [0.25, 0.3) is 0 Å². The van der Waals surface area contributed by atoms with Crippen molar-refractivity contribution in [2.24, 2.45) is 0 Å².